The molecule has 0 saturated heterocycles. The molecule has 0 fully saturated rings. The number of pyridine rings is 1. The second kappa shape index (κ2) is 5.06. The van der Waals surface area contributed by atoms with Gasteiger partial charge in [-0.25, -0.2) is 0 Å². The summed E-state index contributed by atoms with van der Waals surface area (Å²) in [5, 5.41) is 8.55. The lowest BCUT2D eigenvalue weighted by Gasteiger charge is -2.18. The second-order valence-electron chi connectivity index (χ2n) is 5.27. The molecule has 0 aliphatic rings. The van der Waals surface area contributed by atoms with Crippen molar-refractivity contribution in [2.24, 2.45) is 0 Å². The van der Waals surface area contributed by atoms with Crippen molar-refractivity contribution in [2.75, 3.05) is 0 Å². The molecule has 0 saturated carbocycles. The number of aryl methyl sites for hydroxylation is 1. The highest BCUT2D eigenvalue weighted by Gasteiger charge is 2.23. The van der Waals surface area contributed by atoms with E-state index in [0.717, 1.165) is 24.5 Å². The van der Waals surface area contributed by atoms with Gasteiger partial charge in [0, 0.05) is 30.3 Å². The maximum atomic E-state index is 6.09. The van der Waals surface area contributed by atoms with Crippen LogP contribution in [0.2, 0.25) is 5.28 Å². The Bertz CT molecular complexity index is 514. The molecule has 0 atom stereocenters. The number of hydrogen-bond donors (Lipinski definition) is 0. The summed E-state index contributed by atoms with van der Waals surface area (Å²) < 4.78 is 1.95. The molecular formula is C13H17ClN4. The molecule has 0 aromatic carbocycles. The number of rotatable bonds is 3. The Hall–Kier alpha value is -1.42. The van der Waals surface area contributed by atoms with Gasteiger partial charge in [0.05, 0.1) is 0 Å². The molecule has 96 valence electrons. The summed E-state index contributed by atoms with van der Waals surface area (Å²) in [6, 6.07) is 5.91. The lowest BCUT2D eigenvalue weighted by atomic mass is 9.95. The van der Waals surface area contributed by atoms with Crippen molar-refractivity contribution in [1.29, 1.82) is 0 Å². The molecule has 0 unspecified atom stereocenters. The van der Waals surface area contributed by atoms with E-state index in [1.807, 2.05) is 22.8 Å². The molecule has 2 heterocycles. The van der Waals surface area contributed by atoms with Crippen LogP contribution in [0.15, 0.2) is 24.4 Å². The SMILES string of the molecule is CC(C)(C)c1nnc(Cl)n1CCc1ccccn1. The molecule has 0 bridgehead atoms. The van der Waals surface area contributed by atoms with Crippen molar-refractivity contribution in [2.45, 2.75) is 39.2 Å². The van der Waals surface area contributed by atoms with Crippen LogP contribution in [0.3, 0.4) is 0 Å². The lowest BCUT2D eigenvalue weighted by molar-refractivity contribution is 0.496. The summed E-state index contributed by atoms with van der Waals surface area (Å²) in [6.07, 6.45) is 2.62. The normalized spacial score (nSPS) is 11.8. The van der Waals surface area contributed by atoms with Crippen LogP contribution in [-0.4, -0.2) is 19.7 Å². The Balaban J connectivity index is 2.17. The van der Waals surface area contributed by atoms with Gasteiger partial charge in [0.15, 0.2) is 0 Å². The molecule has 5 heteroatoms. The molecule has 0 N–H and O–H groups in total. The van der Waals surface area contributed by atoms with E-state index in [0.29, 0.717) is 5.28 Å². The minimum atomic E-state index is -0.0652. The van der Waals surface area contributed by atoms with E-state index in [1.54, 1.807) is 6.20 Å². The van der Waals surface area contributed by atoms with Gasteiger partial charge in [0.2, 0.25) is 5.28 Å². The molecular weight excluding hydrogens is 248 g/mol. The molecule has 0 amide bonds. The fourth-order valence-electron chi connectivity index (χ4n) is 1.81. The third-order valence-electron chi connectivity index (χ3n) is 2.69. The molecule has 0 spiro atoms. The van der Waals surface area contributed by atoms with Gasteiger partial charge in [-0.2, -0.15) is 0 Å². The van der Waals surface area contributed by atoms with E-state index in [1.165, 1.54) is 0 Å². The summed E-state index contributed by atoms with van der Waals surface area (Å²) in [4.78, 5) is 4.30. The van der Waals surface area contributed by atoms with E-state index in [-0.39, 0.29) is 5.41 Å². The van der Waals surface area contributed by atoms with Gasteiger partial charge < -0.3 is 4.57 Å². The third-order valence-corrected chi connectivity index (χ3v) is 2.97. The monoisotopic (exact) mass is 264 g/mol. The lowest BCUT2D eigenvalue weighted by Crippen LogP contribution is -2.20. The van der Waals surface area contributed by atoms with Crippen LogP contribution in [0.4, 0.5) is 0 Å². The highest BCUT2D eigenvalue weighted by Crippen LogP contribution is 2.23. The largest absolute Gasteiger partial charge is 0.301 e. The van der Waals surface area contributed by atoms with E-state index in [9.17, 15) is 0 Å². The molecule has 2 aromatic heterocycles. The number of aromatic nitrogens is 4. The zero-order chi connectivity index (χ0) is 13.2. The van der Waals surface area contributed by atoms with E-state index in [2.05, 4.69) is 36.0 Å². The van der Waals surface area contributed by atoms with Crippen LogP contribution in [0.1, 0.15) is 32.3 Å². The molecule has 0 aliphatic carbocycles. The maximum Gasteiger partial charge on any atom is 0.225 e. The van der Waals surface area contributed by atoms with Crippen molar-refractivity contribution in [3.05, 3.63) is 41.2 Å². The quantitative estimate of drug-likeness (QED) is 0.856. The second-order valence-corrected chi connectivity index (χ2v) is 5.60. The van der Waals surface area contributed by atoms with E-state index >= 15 is 0 Å². The van der Waals surface area contributed by atoms with Crippen molar-refractivity contribution in [1.82, 2.24) is 19.7 Å². The molecule has 18 heavy (non-hydrogen) atoms. The highest BCUT2D eigenvalue weighted by atomic mass is 35.5. The summed E-state index contributed by atoms with van der Waals surface area (Å²) in [5.41, 5.74) is 0.978. The van der Waals surface area contributed by atoms with Crippen molar-refractivity contribution >= 4 is 11.6 Å². The van der Waals surface area contributed by atoms with Crippen molar-refractivity contribution in [3.8, 4) is 0 Å². The highest BCUT2D eigenvalue weighted by molar-refractivity contribution is 6.28. The standard InChI is InChI=1S/C13H17ClN4/c1-13(2,3)11-16-17-12(14)18(11)9-7-10-6-4-5-8-15-10/h4-6,8H,7,9H2,1-3H3. The van der Waals surface area contributed by atoms with Crippen molar-refractivity contribution in [3.63, 3.8) is 0 Å². The predicted octanol–water partition coefficient (Wildman–Crippen LogP) is 2.87. The van der Waals surface area contributed by atoms with Crippen LogP contribution in [0, 0.1) is 0 Å². The first kappa shape index (κ1) is 13.0. The average Bonchev–Trinajstić information content (AvgIpc) is 2.69. The first-order valence-corrected chi connectivity index (χ1v) is 6.35. The van der Waals surface area contributed by atoms with E-state index < -0.39 is 0 Å². The van der Waals surface area contributed by atoms with Gasteiger partial charge in [-0.05, 0) is 23.7 Å². The van der Waals surface area contributed by atoms with Crippen LogP contribution < -0.4 is 0 Å². The first-order valence-electron chi connectivity index (χ1n) is 5.97. The van der Waals surface area contributed by atoms with Gasteiger partial charge in [-0.15, -0.1) is 10.2 Å². The summed E-state index contributed by atoms with van der Waals surface area (Å²) in [7, 11) is 0. The van der Waals surface area contributed by atoms with Gasteiger partial charge in [0.1, 0.15) is 5.82 Å². The maximum absolute atomic E-state index is 6.09. The Labute approximate surface area is 112 Å². The summed E-state index contributed by atoms with van der Waals surface area (Å²) in [6.45, 7) is 7.05. The fraction of sp³-hybridized carbons (Fsp3) is 0.462. The van der Waals surface area contributed by atoms with Crippen LogP contribution in [0.5, 0.6) is 0 Å². The predicted molar refractivity (Wildman–Crippen MR) is 71.7 cm³/mol. The summed E-state index contributed by atoms with van der Waals surface area (Å²) >= 11 is 6.09. The molecule has 2 aromatic rings. The summed E-state index contributed by atoms with van der Waals surface area (Å²) in [5.74, 6) is 0.906. The minimum absolute atomic E-state index is 0.0652. The Morgan fingerprint density at radius 2 is 2.00 bits per heavy atom. The zero-order valence-electron chi connectivity index (χ0n) is 10.9. The number of halogens is 1. The Morgan fingerprint density at radius 3 is 2.61 bits per heavy atom. The van der Waals surface area contributed by atoms with Crippen LogP contribution >= 0.6 is 11.6 Å². The van der Waals surface area contributed by atoms with Gasteiger partial charge >= 0.3 is 0 Å². The first-order chi connectivity index (χ1) is 8.48. The molecule has 4 nitrogen and oxygen atoms in total. The molecule has 2 rings (SSSR count). The third kappa shape index (κ3) is 2.88. The topological polar surface area (TPSA) is 43.6 Å². The van der Waals surface area contributed by atoms with Crippen LogP contribution in [-0.2, 0) is 18.4 Å². The van der Waals surface area contributed by atoms with Crippen molar-refractivity contribution < 1.29 is 0 Å². The van der Waals surface area contributed by atoms with Gasteiger partial charge in [-0.3, -0.25) is 4.98 Å². The van der Waals surface area contributed by atoms with Gasteiger partial charge in [-0.1, -0.05) is 26.8 Å². The van der Waals surface area contributed by atoms with Crippen LogP contribution in [0.25, 0.3) is 0 Å². The molecule has 0 radical (unpaired) electrons. The average molecular weight is 265 g/mol. The molecule has 0 aliphatic heterocycles. The smallest absolute Gasteiger partial charge is 0.225 e. The Morgan fingerprint density at radius 1 is 1.22 bits per heavy atom. The van der Waals surface area contributed by atoms with Gasteiger partial charge in [0.25, 0.3) is 0 Å². The van der Waals surface area contributed by atoms with E-state index in [4.69, 9.17) is 11.6 Å². The number of hydrogen-bond acceptors (Lipinski definition) is 3. The Kier molecular flexibility index (Phi) is 3.66. The zero-order valence-corrected chi connectivity index (χ0v) is 11.6. The fourth-order valence-corrected chi connectivity index (χ4v) is 2.01. The minimum Gasteiger partial charge on any atom is -0.301 e. The number of nitrogens with zero attached hydrogens (tertiary/aromatic N) is 4.